The smallest absolute Gasteiger partial charge is 0.270 e. The van der Waals surface area contributed by atoms with Crippen LogP contribution >= 0.6 is 0 Å². The van der Waals surface area contributed by atoms with Crippen molar-refractivity contribution in [1.82, 2.24) is 10.6 Å². The van der Waals surface area contributed by atoms with Crippen molar-refractivity contribution in [1.29, 1.82) is 0 Å². The number of piperidine rings is 1. The van der Waals surface area contributed by atoms with Gasteiger partial charge in [0.2, 0.25) is 11.8 Å². The summed E-state index contributed by atoms with van der Waals surface area (Å²) in [5.41, 5.74) is 0.455. The van der Waals surface area contributed by atoms with E-state index in [1.54, 1.807) is 25.9 Å². The molecular weight excluding hydrogens is 500 g/mol. The maximum Gasteiger partial charge on any atom is 0.270 e. The quantitative estimate of drug-likeness (QED) is 0.389. The van der Waals surface area contributed by atoms with E-state index in [1.165, 1.54) is 0 Å². The molecule has 2 heterocycles. The molecule has 1 aliphatic carbocycles. The van der Waals surface area contributed by atoms with E-state index in [0.717, 1.165) is 18.5 Å². The van der Waals surface area contributed by atoms with Gasteiger partial charge in [0.25, 0.3) is 5.91 Å². The molecule has 2 fully saturated rings. The Labute approximate surface area is 231 Å². The number of ether oxygens (including phenoxy) is 3. The van der Waals surface area contributed by atoms with E-state index in [0.29, 0.717) is 63.7 Å². The molecule has 1 saturated heterocycles. The number of benzene rings is 1. The molecule has 4 rings (SSSR count). The van der Waals surface area contributed by atoms with E-state index in [4.69, 9.17) is 14.2 Å². The summed E-state index contributed by atoms with van der Waals surface area (Å²) in [5, 5.41) is 6.33. The highest BCUT2D eigenvalue weighted by molar-refractivity contribution is 6.04. The zero-order valence-corrected chi connectivity index (χ0v) is 24.0. The fraction of sp³-hybridized carbons (Fsp3) is 0.690. The summed E-state index contributed by atoms with van der Waals surface area (Å²) >= 11 is 0. The third-order valence-corrected chi connectivity index (χ3v) is 7.55. The summed E-state index contributed by atoms with van der Waals surface area (Å²) < 4.78 is 16.7. The fourth-order valence-electron chi connectivity index (χ4n) is 5.37. The lowest BCUT2D eigenvalue weighted by Crippen LogP contribution is -2.53. The number of carbonyl (C=O) groups is 3. The molecule has 216 valence electrons. The van der Waals surface area contributed by atoms with E-state index in [2.05, 4.69) is 10.6 Å². The van der Waals surface area contributed by atoms with E-state index in [1.807, 2.05) is 36.9 Å². The summed E-state index contributed by atoms with van der Waals surface area (Å²) in [4.78, 5) is 43.8. The predicted molar refractivity (Wildman–Crippen MR) is 149 cm³/mol. The van der Waals surface area contributed by atoms with Crippen molar-refractivity contribution in [2.45, 2.75) is 71.1 Å². The number of rotatable bonds is 12. The molecule has 3 aliphatic rings. The van der Waals surface area contributed by atoms with Gasteiger partial charge in [-0.3, -0.25) is 14.4 Å². The molecule has 2 aliphatic heterocycles. The summed E-state index contributed by atoms with van der Waals surface area (Å²) in [7, 11) is 1.64. The molecule has 0 radical (unpaired) electrons. The first kappa shape index (κ1) is 29.3. The molecule has 10 heteroatoms. The van der Waals surface area contributed by atoms with Gasteiger partial charge < -0.3 is 34.6 Å². The second-order valence-electron chi connectivity index (χ2n) is 11.4. The lowest BCUT2D eigenvalue weighted by molar-refractivity contribution is -0.132. The predicted octanol–water partition coefficient (Wildman–Crippen LogP) is 2.49. The van der Waals surface area contributed by atoms with Crippen molar-refractivity contribution in [3.05, 3.63) is 18.2 Å². The second-order valence-corrected chi connectivity index (χ2v) is 11.4. The standard InChI is InChI=1S/C29H44N4O6/c1-6-38-18-19(2)31-26(34)20-14-21(17-30-16-20)27(35)33(22-8-9-22)23-10-11-25-24(15-23)32(12-7-13-37-5)28(36)29(3,4)39-25/h10-11,15,19-22,30H,6-9,12-14,16-18H2,1-5H3,(H,31,34)/t19-,20-,21+/m0/s1. The van der Waals surface area contributed by atoms with E-state index >= 15 is 0 Å². The number of methoxy groups -OCH3 is 1. The lowest BCUT2D eigenvalue weighted by atomic mass is 9.88. The minimum atomic E-state index is -0.975. The first-order valence-corrected chi connectivity index (χ1v) is 14.2. The number of fused-ring (bicyclic) bond motifs is 1. The second kappa shape index (κ2) is 12.7. The van der Waals surface area contributed by atoms with Gasteiger partial charge in [-0.2, -0.15) is 0 Å². The van der Waals surface area contributed by atoms with Crippen LogP contribution in [-0.2, 0) is 23.9 Å². The number of carbonyl (C=O) groups excluding carboxylic acids is 3. The maximum absolute atomic E-state index is 13.9. The van der Waals surface area contributed by atoms with Gasteiger partial charge in [-0.05, 0) is 71.6 Å². The van der Waals surface area contributed by atoms with Crippen LogP contribution < -0.4 is 25.2 Å². The number of nitrogens with one attached hydrogen (secondary N) is 2. The number of hydrogen-bond donors (Lipinski definition) is 2. The lowest BCUT2D eigenvalue weighted by Gasteiger charge is -2.39. The van der Waals surface area contributed by atoms with Crippen LogP contribution in [0.15, 0.2) is 18.2 Å². The van der Waals surface area contributed by atoms with Crippen molar-refractivity contribution < 1.29 is 28.6 Å². The monoisotopic (exact) mass is 544 g/mol. The fourth-order valence-corrected chi connectivity index (χ4v) is 5.37. The molecule has 3 atom stereocenters. The molecule has 10 nitrogen and oxygen atoms in total. The number of nitrogens with zero attached hydrogens (tertiary/aromatic N) is 2. The van der Waals surface area contributed by atoms with Crippen LogP contribution in [0.5, 0.6) is 5.75 Å². The van der Waals surface area contributed by atoms with Crippen LogP contribution in [0.3, 0.4) is 0 Å². The van der Waals surface area contributed by atoms with Gasteiger partial charge in [0.1, 0.15) is 5.75 Å². The average molecular weight is 545 g/mol. The van der Waals surface area contributed by atoms with E-state index < -0.39 is 5.60 Å². The molecule has 3 amide bonds. The minimum absolute atomic E-state index is 0.0131. The number of amides is 3. The van der Waals surface area contributed by atoms with Gasteiger partial charge >= 0.3 is 0 Å². The first-order chi connectivity index (χ1) is 18.7. The molecule has 0 aromatic heterocycles. The van der Waals surface area contributed by atoms with Crippen LogP contribution in [-0.4, -0.2) is 82.0 Å². The highest BCUT2D eigenvalue weighted by Crippen LogP contribution is 2.43. The maximum atomic E-state index is 13.9. The Bertz CT molecular complexity index is 1040. The molecule has 1 aromatic rings. The van der Waals surface area contributed by atoms with Gasteiger partial charge in [-0.15, -0.1) is 0 Å². The zero-order chi connectivity index (χ0) is 28.2. The molecule has 0 spiro atoms. The van der Waals surface area contributed by atoms with Crippen LogP contribution in [0.4, 0.5) is 11.4 Å². The molecular formula is C29H44N4O6. The topological polar surface area (TPSA) is 109 Å². The van der Waals surface area contributed by atoms with E-state index in [9.17, 15) is 14.4 Å². The number of hydrogen-bond acceptors (Lipinski definition) is 7. The van der Waals surface area contributed by atoms with Crippen molar-refractivity contribution in [2.24, 2.45) is 11.8 Å². The largest absolute Gasteiger partial charge is 0.476 e. The van der Waals surface area contributed by atoms with Crippen molar-refractivity contribution >= 4 is 29.1 Å². The third kappa shape index (κ3) is 6.91. The Morgan fingerprint density at radius 2 is 2.00 bits per heavy atom. The Hall–Kier alpha value is -2.69. The van der Waals surface area contributed by atoms with Gasteiger partial charge in [-0.1, -0.05) is 0 Å². The molecule has 0 unspecified atom stereocenters. The van der Waals surface area contributed by atoms with Gasteiger partial charge in [0, 0.05) is 57.7 Å². The molecule has 2 N–H and O–H groups in total. The highest BCUT2D eigenvalue weighted by atomic mass is 16.5. The number of anilines is 2. The summed E-state index contributed by atoms with van der Waals surface area (Å²) in [6.07, 6.45) is 3.05. The highest BCUT2D eigenvalue weighted by Gasteiger charge is 2.43. The Morgan fingerprint density at radius 1 is 1.26 bits per heavy atom. The Kier molecular flexibility index (Phi) is 9.51. The average Bonchev–Trinajstić information content (AvgIpc) is 3.75. The Morgan fingerprint density at radius 3 is 2.69 bits per heavy atom. The van der Waals surface area contributed by atoms with Gasteiger partial charge in [0.05, 0.1) is 24.1 Å². The summed E-state index contributed by atoms with van der Waals surface area (Å²) in [5.74, 6) is -0.130. The van der Waals surface area contributed by atoms with Crippen LogP contribution in [0.25, 0.3) is 0 Å². The third-order valence-electron chi connectivity index (χ3n) is 7.55. The van der Waals surface area contributed by atoms with Crippen molar-refractivity contribution in [2.75, 3.05) is 56.4 Å². The summed E-state index contributed by atoms with van der Waals surface area (Å²) in [6, 6.07) is 5.70. The molecule has 39 heavy (non-hydrogen) atoms. The minimum Gasteiger partial charge on any atom is -0.476 e. The SMILES string of the molecule is CCOC[C@H](C)NC(=O)[C@@H]1CNC[C@H](C(=O)N(c2ccc3c(c2)N(CCCOC)C(=O)C(C)(C)O3)C2CC2)C1. The van der Waals surface area contributed by atoms with Crippen molar-refractivity contribution in [3.63, 3.8) is 0 Å². The van der Waals surface area contributed by atoms with Gasteiger partial charge in [-0.25, -0.2) is 0 Å². The molecule has 1 aromatic carbocycles. The first-order valence-electron chi connectivity index (χ1n) is 14.2. The van der Waals surface area contributed by atoms with Crippen LogP contribution in [0.1, 0.15) is 53.4 Å². The van der Waals surface area contributed by atoms with E-state index in [-0.39, 0.29) is 41.6 Å². The Balaban J connectivity index is 1.52. The molecule has 0 bridgehead atoms. The zero-order valence-electron chi connectivity index (χ0n) is 24.0. The van der Waals surface area contributed by atoms with Crippen LogP contribution in [0.2, 0.25) is 0 Å². The van der Waals surface area contributed by atoms with Crippen LogP contribution in [0, 0.1) is 11.8 Å². The summed E-state index contributed by atoms with van der Waals surface area (Å²) in [6.45, 7) is 10.6. The van der Waals surface area contributed by atoms with Gasteiger partial charge in [0.15, 0.2) is 5.60 Å². The normalized spacial score (nSPS) is 23.0. The molecule has 1 saturated carbocycles. The van der Waals surface area contributed by atoms with Crippen molar-refractivity contribution in [3.8, 4) is 5.75 Å².